The normalized spacial score (nSPS) is 30.6. The Balaban J connectivity index is 1.88. The summed E-state index contributed by atoms with van der Waals surface area (Å²) in [5.41, 5.74) is 3.81. The second kappa shape index (κ2) is 4.23. The minimum Gasteiger partial charge on any atom is -0.341 e. The first-order valence-electron chi connectivity index (χ1n) is 8.63. The fraction of sp³-hybridized carbons (Fsp3) is 0.526. The lowest BCUT2D eigenvalue weighted by Gasteiger charge is -2.54. The van der Waals surface area contributed by atoms with Crippen LogP contribution in [0.3, 0.4) is 0 Å². The van der Waals surface area contributed by atoms with E-state index in [9.17, 15) is 4.79 Å². The van der Waals surface area contributed by atoms with E-state index in [2.05, 4.69) is 40.7 Å². The molecule has 2 atom stereocenters. The van der Waals surface area contributed by atoms with Crippen LogP contribution in [0.25, 0.3) is 10.9 Å². The van der Waals surface area contributed by atoms with E-state index in [0.717, 1.165) is 31.5 Å². The Morgan fingerprint density at radius 1 is 1.23 bits per heavy atom. The number of aromatic nitrogens is 1. The van der Waals surface area contributed by atoms with Crippen molar-refractivity contribution in [2.45, 2.75) is 45.2 Å². The molecule has 0 amide bonds. The van der Waals surface area contributed by atoms with Gasteiger partial charge in [-0.25, -0.2) is 0 Å². The molecule has 1 aliphatic carbocycles. The average Bonchev–Trinajstić information content (AvgIpc) is 2.89. The topological polar surface area (TPSA) is 25.2 Å². The van der Waals surface area contributed by atoms with Crippen LogP contribution in [0.15, 0.2) is 24.3 Å². The van der Waals surface area contributed by atoms with E-state index in [1.165, 1.54) is 36.0 Å². The second-order valence-electron chi connectivity index (χ2n) is 7.29. The standard InChI is InChI=1S/C19H22N2O/c1-2-19-8-5-9-20-10-11-21-14-7-4-3-6-13(14)16(15(22)12-19)17(21)18(19)20/h3-4,6-7,18H,2,5,8-12H2,1H3/t18-,19+/m1/s1. The molecule has 3 aliphatic rings. The molecule has 2 aromatic rings. The van der Waals surface area contributed by atoms with Crippen LogP contribution in [0.1, 0.15) is 54.7 Å². The Hall–Kier alpha value is -1.61. The van der Waals surface area contributed by atoms with Gasteiger partial charge in [0.1, 0.15) is 0 Å². The molecular formula is C19H22N2O. The lowest BCUT2D eigenvalue weighted by Crippen LogP contribution is -2.53. The zero-order valence-corrected chi connectivity index (χ0v) is 13.1. The van der Waals surface area contributed by atoms with Crippen LogP contribution in [0.4, 0.5) is 0 Å². The number of nitrogens with zero attached hydrogens (tertiary/aromatic N) is 2. The zero-order chi connectivity index (χ0) is 14.9. The lowest BCUT2D eigenvalue weighted by molar-refractivity contribution is -0.0190. The smallest absolute Gasteiger partial charge is 0.166 e. The number of fused-ring (bicyclic) bond motifs is 3. The Kier molecular flexibility index (Phi) is 2.48. The summed E-state index contributed by atoms with van der Waals surface area (Å²) in [5, 5.41) is 1.18. The summed E-state index contributed by atoms with van der Waals surface area (Å²) in [6.07, 6.45) is 4.30. The fourth-order valence-electron chi connectivity index (χ4n) is 5.45. The summed E-state index contributed by atoms with van der Waals surface area (Å²) < 4.78 is 2.46. The summed E-state index contributed by atoms with van der Waals surface area (Å²) >= 11 is 0. The molecular weight excluding hydrogens is 272 g/mol. The summed E-state index contributed by atoms with van der Waals surface area (Å²) in [6.45, 7) is 5.64. The van der Waals surface area contributed by atoms with E-state index in [4.69, 9.17) is 0 Å². The summed E-state index contributed by atoms with van der Waals surface area (Å²) in [5.74, 6) is 0.381. The van der Waals surface area contributed by atoms with E-state index >= 15 is 0 Å². The average molecular weight is 294 g/mol. The quantitative estimate of drug-likeness (QED) is 0.800. The molecule has 0 saturated carbocycles. The minimum absolute atomic E-state index is 0.175. The van der Waals surface area contributed by atoms with Crippen LogP contribution < -0.4 is 0 Å². The molecule has 22 heavy (non-hydrogen) atoms. The van der Waals surface area contributed by atoms with Crippen molar-refractivity contribution >= 4 is 16.7 Å². The molecule has 0 bridgehead atoms. The number of piperidine rings is 1. The van der Waals surface area contributed by atoms with Gasteiger partial charge in [0, 0.05) is 41.7 Å². The van der Waals surface area contributed by atoms with Crippen molar-refractivity contribution < 1.29 is 4.79 Å². The van der Waals surface area contributed by atoms with Gasteiger partial charge in [-0.05, 0) is 37.3 Å². The monoisotopic (exact) mass is 294 g/mol. The highest BCUT2D eigenvalue weighted by Crippen LogP contribution is 2.57. The highest BCUT2D eigenvalue weighted by Gasteiger charge is 2.53. The minimum atomic E-state index is 0.175. The van der Waals surface area contributed by atoms with Gasteiger partial charge in [0.2, 0.25) is 0 Å². The Bertz CT molecular complexity index is 790. The van der Waals surface area contributed by atoms with Crippen molar-refractivity contribution in [1.29, 1.82) is 0 Å². The summed E-state index contributed by atoms with van der Waals surface area (Å²) in [7, 11) is 0. The largest absolute Gasteiger partial charge is 0.341 e. The summed E-state index contributed by atoms with van der Waals surface area (Å²) in [6, 6.07) is 8.95. The highest BCUT2D eigenvalue weighted by molar-refractivity contribution is 6.11. The number of benzene rings is 1. The maximum absolute atomic E-state index is 13.0. The first-order chi connectivity index (χ1) is 10.7. The van der Waals surface area contributed by atoms with Gasteiger partial charge in [0.25, 0.3) is 0 Å². The Labute approximate surface area is 130 Å². The first kappa shape index (κ1) is 12.9. The number of rotatable bonds is 1. The zero-order valence-electron chi connectivity index (χ0n) is 13.1. The molecule has 3 heteroatoms. The molecule has 3 nitrogen and oxygen atoms in total. The van der Waals surface area contributed by atoms with Crippen LogP contribution >= 0.6 is 0 Å². The van der Waals surface area contributed by atoms with Crippen LogP contribution in [-0.2, 0) is 6.54 Å². The molecule has 1 fully saturated rings. The van der Waals surface area contributed by atoms with E-state index in [1.54, 1.807) is 0 Å². The van der Waals surface area contributed by atoms with Gasteiger partial charge >= 0.3 is 0 Å². The molecule has 1 aromatic heterocycles. The Morgan fingerprint density at radius 3 is 2.95 bits per heavy atom. The molecule has 3 heterocycles. The van der Waals surface area contributed by atoms with Crippen LogP contribution in [0, 0.1) is 5.41 Å². The van der Waals surface area contributed by atoms with E-state index in [1.807, 2.05) is 0 Å². The third-order valence-corrected chi connectivity index (χ3v) is 6.44. The van der Waals surface area contributed by atoms with Crippen LogP contribution in [0.5, 0.6) is 0 Å². The molecule has 0 radical (unpaired) electrons. The maximum Gasteiger partial charge on any atom is 0.166 e. The van der Waals surface area contributed by atoms with E-state index in [0.29, 0.717) is 11.8 Å². The van der Waals surface area contributed by atoms with Crippen molar-refractivity contribution in [2.75, 3.05) is 13.1 Å². The third kappa shape index (κ3) is 1.38. The Morgan fingerprint density at radius 2 is 2.09 bits per heavy atom. The SMILES string of the molecule is CC[C@]12CCCN3CCn4c(c(c5ccccc54)C(=O)C1)[C@@H]32. The van der Waals surface area contributed by atoms with Gasteiger partial charge < -0.3 is 4.57 Å². The molecule has 1 saturated heterocycles. The molecule has 1 aromatic carbocycles. The predicted octanol–water partition coefficient (Wildman–Crippen LogP) is 3.77. The van der Waals surface area contributed by atoms with Gasteiger partial charge in [-0.15, -0.1) is 0 Å². The molecule has 2 aliphatic heterocycles. The van der Waals surface area contributed by atoms with Crippen LogP contribution in [-0.4, -0.2) is 28.3 Å². The van der Waals surface area contributed by atoms with Crippen molar-refractivity contribution in [3.05, 3.63) is 35.5 Å². The highest BCUT2D eigenvalue weighted by atomic mass is 16.1. The number of para-hydroxylation sites is 1. The van der Waals surface area contributed by atoms with E-state index < -0.39 is 0 Å². The molecule has 0 spiro atoms. The molecule has 5 rings (SSSR count). The molecule has 0 N–H and O–H groups in total. The maximum atomic E-state index is 13.0. The van der Waals surface area contributed by atoms with Gasteiger partial charge in [0.05, 0.1) is 6.04 Å². The van der Waals surface area contributed by atoms with Gasteiger partial charge in [-0.3, -0.25) is 9.69 Å². The van der Waals surface area contributed by atoms with Gasteiger partial charge in [0.15, 0.2) is 5.78 Å². The number of ketones is 1. The van der Waals surface area contributed by atoms with Gasteiger partial charge in [-0.1, -0.05) is 25.1 Å². The fourth-order valence-corrected chi connectivity index (χ4v) is 5.45. The van der Waals surface area contributed by atoms with Crippen LogP contribution in [0.2, 0.25) is 0 Å². The third-order valence-electron chi connectivity index (χ3n) is 6.44. The lowest BCUT2D eigenvalue weighted by atomic mass is 9.62. The molecule has 114 valence electrons. The summed E-state index contributed by atoms with van der Waals surface area (Å²) in [4.78, 5) is 15.7. The van der Waals surface area contributed by atoms with E-state index in [-0.39, 0.29) is 5.41 Å². The number of Topliss-reactive ketones (excluding diaryl/α,β-unsaturated/α-hetero) is 1. The number of carbonyl (C=O) groups is 1. The van der Waals surface area contributed by atoms with Crippen molar-refractivity contribution in [3.8, 4) is 0 Å². The number of hydrogen-bond donors (Lipinski definition) is 0. The number of hydrogen-bond acceptors (Lipinski definition) is 2. The van der Waals surface area contributed by atoms with Gasteiger partial charge in [-0.2, -0.15) is 0 Å². The van der Waals surface area contributed by atoms with Crippen molar-refractivity contribution in [1.82, 2.24) is 9.47 Å². The van der Waals surface area contributed by atoms with Crippen molar-refractivity contribution in [3.63, 3.8) is 0 Å². The number of carbonyl (C=O) groups excluding carboxylic acids is 1. The molecule has 0 unspecified atom stereocenters. The second-order valence-corrected chi connectivity index (χ2v) is 7.29. The first-order valence-corrected chi connectivity index (χ1v) is 8.63. The van der Waals surface area contributed by atoms with Crippen molar-refractivity contribution in [2.24, 2.45) is 5.41 Å². The predicted molar refractivity (Wildman–Crippen MR) is 87.2 cm³/mol.